The molecule has 94 valence electrons. The molecule has 0 atom stereocenters. The molecule has 0 aliphatic rings. The number of nitrogens with one attached hydrogen (secondary N) is 2. The standard InChI is InChI=1S/C11H13N5O2/c1-2-16-7-13-15-9(16)6-12-11(18)8-4-3-5-10(17)14-8/h3-5,7H,2,6H2,1H3,(H,12,18)(H,14,17). The van der Waals surface area contributed by atoms with E-state index in [2.05, 4.69) is 20.5 Å². The Morgan fingerprint density at radius 3 is 3.06 bits per heavy atom. The molecule has 1 amide bonds. The van der Waals surface area contributed by atoms with Gasteiger partial charge in [0.15, 0.2) is 5.82 Å². The van der Waals surface area contributed by atoms with Crippen molar-refractivity contribution in [3.8, 4) is 0 Å². The first kappa shape index (κ1) is 12.0. The Balaban J connectivity index is 2.03. The lowest BCUT2D eigenvalue weighted by Crippen LogP contribution is -2.27. The summed E-state index contributed by atoms with van der Waals surface area (Å²) in [6.07, 6.45) is 1.60. The maximum Gasteiger partial charge on any atom is 0.268 e. The van der Waals surface area contributed by atoms with Gasteiger partial charge in [0.1, 0.15) is 12.0 Å². The second-order valence-electron chi connectivity index (χ2n) is 3.64. The fourth-order valence-corrected chi connectivity index (χ4v) is 1.51. The summed E-state index contributed by atoms with van der Waals surface area (Å²) < 4.78 is 1.83. The number of H-pyrrole nitrogens is 1. The predicted molar refractivity (Wildman–Crippen MR) is 63.9 cm³/mol. The molecule has 2 rings (SSSR count). The minimum Gasteiger partial charge on any atom is -0.343 e. The Labute approximate surface area is 103 Å². The molecule has 0 saturated carbocycles. The smallest absolute Gasteiger partial charge is 0.268 e. The van der Waals surface area contributed by atoms with E-state index in [0.29, 0.717) is 5.82 Å². The molecular formula is C11H13N5O2. The van der Waals surface area contributed by atoms with Gasteiger partial charge in [0.05, 0.1) is 6.54 Å². The van der Waals surface area contributed by atoms with Crippen molar-refractivity contribution in [3.05, 3.63) is 46.4 Å². The second-order valence-corrected chi connectivity index (χ2v) is 3.64. The van der Waals surface area contributed by atoms with Gasteiger partial charge in [0.25, 0.3) is 5.91 Å². The number of rotatable bonds is 4. The van der Waals surface area contributed by atoms with Crippen molar-refractivity contribution in [2.75, 3.05) is 0 Å². The molecule has 2 N–H and O–H groups in total. The molecule has 0 spiro atoms. The molecule has 0 unspecified atom stereocenters. The molecular weight excluding hydrogens is 234 g/mol. The van der Waals surface area contributed by atoms with Crippen LogP contribution in [0.25, 0.3) is 0 Å². The van der Waals surface area contributed by atoms with Crippen LogP contribution in [0.2, 0.25) is 0 Å². The number of hydrogen-bond acceptors (Lipinski definition) is 4. The maximum absolute atomic E-state index is 11.8. The van der Waals surface area contributed by atoms with Gasteiger partial charge in [0, 0.05) is 12.6 Å². The SMILES string of the molecule is CCn1cnnc1CNC(=O)c1cccc(=O)[nH]1. The van der Waals surface area contributed by atoms with Gasteiger partial charge >= 0.3 is 0 Å². The molecule has 7 heteroatoms. The van der Waals surface area contributed by atoms with E-state index in [4.69, 9.17) is 0 Å². The van der Waals surface area contributed by atoms with Crippen LogP contribution >= 0.6 is 0 Å². The van der Waals surface area contributed by atoms with Gasteiger partial charge in [-0.3, -0.25) is 9.59 Å². The molecule has 0 aliphatic heterocycles. The van der Waals surface area contributed by atoms with Crippen LogP contribution in [0.3, 0.4) is 0 Å². The third kappa shape index (κ3) is 2.62. The number of aryl methyl sites for hydroxylation is 1. The van der Waals surface area contributed by atoms with Crippen LogP contribution in [-0.4, -0.2) is 25.7 Å². The van der Waals surface area contributed by atoms with E-state index >= 15 is 0 Å². The zero-order chi connectivity index (χ0) is 13.0. The third-order valence-electron chi connectivity index (χ3n) is 2.46. The first-order valence-electron chi connectivity index (χ1n) is 5.55. The van der Waals surface area contributed by atoms with Crippen LogP contribution < -0.4 is 10.9 Å². The van der Waals surface area contributed by atoms with Gasteiger partial charge in [0.2, 0.25) is 5.56 Å². The average molecular weight is 247 g/mol. The predicted octanol–water partition coefficient (Wildman–Crippen LogP) is -0.0837. The van der Waals surface area contributed by atoms with Crippen LogP contribution in [0.4, 0.5) is 0 Å². The Morgan fingerprint density at radius 2 is 2.33 bits per heavy atom. The van der Waals surface area contributed by atoms with Gasteiger partial charge in [-0.1, -0.05) is 6.07 Å². The summed E-state index contributed by atoms with van der Waals surface area (Å²) >= 11 is 0. The molecule has 2 aromatic rings. The monoisotopic (exact) mass is 247 g/mol. The van der Waals surface area contributed by atoms with E-state index in [1.807, 2.05) is 11.5 Å². The number of carbonyl (C=O) groups excluding carboxylic acids is 1. The number of aromatic amines is 1. The fraction of sp³-hybridized carbons (Fsp3) is 0.273. The Morgan fingerprint density at radius 1 is 1.50 bits per heavy atom. The lowest BCUT2D eigenvalue weighted by molar-refractivity contribution is 0.0944. The van der Waals surface area contributed by atoms with Crippen LogP contribution in [0.1, 0.15) is 23.2 Å². The zero-order valence-corrected chi connectivity index (χ0v) is 9.88. The molecule has 18 heavy (non-hydrogen) atoms. The largest absolute Gasteiger partial charge is 0.343 e. The van der Waals surface area contributed by atoms with Crippen LogP contribution in [-0.2, 0) is 13.1 Å². The van der Waals surface area contributed by atoms with Gasteiger partial charge in [-0.25, -0.2) is 0 Å². The summed E-state index contributed by atoms with van der Waals surface area (Å²) in [5, 5.41) is 10.3. The summed E-state index contributed by atoms with van der Waals surface area (Å²) in [4.78, 5) is 25.3. The molecule has 7 nitrogen and oxygen atoms in total. The molecule has 0 saturated heterocycles. The molecule has 0 radical (unpaired) electrons. The zero-order valence-electron chi connectivity index (χ0n) is 9.88. The first-order chi connectivity index (χ1) is 8.70. The highest BCUT2D eigenvalue weighted by atomic mass is 16.2. The van der Waals surface area contributed by atoms with E-state index in [9.17, 15) is 9.59 Å². The van der Waals surface area contributed by atoms with Crippen molar-refractivity contribution < 1.29 is 4.79 Å². The second kappa shape index (κ2) is 5.26. The topological polar surface area (TPSA) is 92.7 Å². The first-order valence-corrected chi connectivity index (χ1v) is 5.55. The molecule has 0 fully saturated rings. The summed E-state index contributed by atoms with van der Waals surface area (Å²) in [5.41, 5.74) is -0.0792. The van der Waals surface area contributed by atoms with E-state index in [0.717, 1.165) is 6.54 Å². The molecule has 0 aliphatic carbocycles. The number of amides is 1. The summed E-state index contributed by atoms with van der Waals surface area (Å²) in [6.45, 7) is 2.97. The van der Waals surface area contributed by atoms with Gasteiger partial charge in [-0.2, -0.15) is 0 Å². The minimum absolute atomic E-state index is 0.227. The maximum atomic E-state index is 11.8. The highest BCUT2D eigenvalue weighted by molar-refractivity contribution is 5.92. The van der Waals surface area contributed by atoms with E-state index < -0.39 is 0 Å². The number of aromatic nitrogens is 4. The summed E-state index contributed by atoms with van der Waals surface area (Å²) in [6, 6.07) is 4.42. The lowest BCUT2D eigenvalue weighted by atomic mass is 10.3. The van der Waals surface area contributed by atoms with E-state index in [1.54, 1.807) is 12.4 Å². The summed E-state index contributed by atoms with van der Waals surface area (Å²) in [7, 11) is 0. The lowest BCUT2D eigenvalue weighted by Gasteiger charge is -2.05. The average Bonchev–Trinajstić information content (AvgIpc) is 2.83. The van der Waals surface area contributed by atoms with E-state index in [1.165, 1.54) is 12.1 Å². The highest BCUT2D eigenvalue weighted by Crippen LogP contribution is 1.96. The van der Waals surface area contributed by atoms with Crippen molar-refractivity contribution in [2.45, 2.75) is 20.0 Å². The van der Waals surface area contributed by atoms with Crippen molar-refractivity contribution in [2.24, 2.45) is 0 Å². The number of carbonyl (C=O) groups is 1. The van der Waals surface area contributed by atoms with Crippen molar-refractivity contribution in [1.29, 1.82) is 0 Å². The third-order valence-corrected chi connectivity index (χ3v) is 2.46. The minimum atomic E-state index is -0.349. The van der Waals surface area contributed by atoms with Crippen LogP contribution in [0.5, 0.6) is 0 Å². The van der Waals surface area contributed by atoms with Crippen molar-refractivity contribution in [1.82, 2.24) is 25.1 Å². The number of pyridine rings is 1. The fourth-order valence-electron chi connectivity index (χ4n) is 1.51. The quantitative estimate of drug-likeness (QED) is 0.790. The molecule has 2 heterocycles. The molecule has 0 bridgehead atoms. The van der Waals surface area contributed by atoms with Crippen molar-refractivity contribution in [3.63, 3.8) is 0 Å². The number of nitrogens with zero attached hydrogens (tertiary/aromatic N) is 3. The molecule has 2 aromatic heterocycles. The Kier molecular flexibility index (Phi) is 3.52. The van der Waals surface area contributed by atoms with Crippen LogP contribution in [0, 0.1) is 0 Å². The van der Waals surface area contributed by atoms with Gasteiger partial charge < -0.3 is 14.9 Å². The van der Waals surface area contributed by atoms with Gasteiger partial charge in [-0.15, -0.1) is 10.2 Å². The van der Waals surface area contributed by atoms with Gasteiger partial charge in [-0.05, 0) is 13.0 Å². The van der Waals surface area contributed by atoms with Crippen LogP contribution in [0.15, 0.2) is 29.3 Å². The normalized spacial score (nSPS) is 10.3. The highest BCUT2D eigenvalue weighted by Gasteiger charge is 2.08. The Hall–Kier alpha value is -2.44. The van der Waals surface area contributed by atoms with Crippen molar-refractivity contribution >= 4 is 5.91 Å². The van der Waals surface area contributed by atoms with E-state index in [-0.39, 0.29) is 23.7 Å². The number of hydrogen-bond donors (Lipinski definition) is 2. The Bertz CT molecular complexity index is 601. The molecule has 0 aromatic carbocycles. The summed E-state index contributed by atoms with van der Waals surface area (Å²) in [5.74, 6) is 0.322.